The molecule has 0 N–H and O–H groups in total. The van der Waals surface area contributed by atoms with Crippen LogP contribution in [0.25, 0.3) is 5.69 Å². The average Bonchev–Trinajstić information content (AvgIpc) is 3.08. The fraction of sp³-hybridized carbons (Fsp3) is 0.250. The van der Waals surface area contributed by atoms with Crippen molar-refractivity contribution in [1.29, 1.82) is 0 Å². The van der Waals surface area contributed by atoms with Crippen LogP contribution in [-0.4, -0.2) is 57.0 Å². The fourth-order valence-electron chi connectivity index (χ4n) is 1.96. The van der Waals surface area contributed by atoms with E-state index in [1.807, 2.05) is 24.3 Å². The van der Waals surface area contributed by atoms with E-state index in [0.29, 0.717) is 18.2 Å². The van der Waals surface area contributed by atoms with Gasteiger partial charge < -0.3 is 9.64 Å². The molecule has 1 heterocycles. The van der Waals surface area contributed by atoms with Crippen molar-refractivity contribution in [1.82, 2.24) is 25.1 Å². The number of thioether (sulfide) groups is 1. The van der Waals surface area contributed by atoms with Crippen molar-refractivity contribution in [2.24, 2.45) is 0 Å². The number of ether oxygens (including phenoxy) is 1. The zero-order valence-corrected chi connectivity index (χ0v) is 14.3. The van der Waals surface area contributed by atoms with Gasteiger partial charge in [0.25, 0.3) is 0 Å². The smallest absolute Gasteiger partial charge is 0.233 e. The Morgan fingerprint density at radius 2 is 1.96 bits per heavy atom. The summed E-state index contributed by atoms with van der Waals surface area (Å²) in [6, 6.07) is 7.35. The highest BCUT2D eigenvalue weighted by Gasteiger charge is 2.15. The summed E-state index contributed by atoms with van der Waals surface area (Å²) in [5.41, 5.74) is 0.796. The van der Waals surface area contributed by atoms with Gasteiger partial charge in [-0.2, -0.15) is 4.68 Å². The summed E-state index contributed by atoms with van der Waals surface area (Å²) in [5.74, 6) is 0.961. The first kappa shape index (κ1) is 17.7. The number of amides is 1. The molecule has 0 bridgehead atoms. The third-order valence-corrected chi connectivity index (χ3v) is 4.04. The first-order chi connectivity index (χ1) is 11.7. The largest absolute Gasteiger partial charge is 0.497 e. The normalized spacial score (nSPS) is 10.2. The van der Waals surface area contributed by atoms with Gasteiger partial charge in [-0.05, 0) is 34.7 Å². The highest BCUT2D eigenvalue weighted by molar-refractivity contribution is 7.99. The van der Waals surface area contributed by atoms with Gasteiger partial charge in [-0.25, -0.2) is 0 Å². The van der Waals surface area contributed by atoms with Crippen LogP contribution in [0, 0.1) is 0 Å². The summed E-state index contributed by atoms with van der Waals surface area (Å²) in [6.07, 6.45) is 3.38. The molecule has 0 aliphatic rings. The second-order valence-corrected chi connectivity index (χ2v) is 5.68. The predicted molar refractivity (Wildman–Crippen MR) is 93.4 cm³/mol. The van der Waals surface area contributed by atoms with Crippen LogP contribution < -0.4 is 4.74 Å². The van der Waals surface area contributed by atoms with Crippen LogP contribution in [0.5, 0.6) is 5.75 Å². The molecule has 2 rings (SSSR count). The van der Waals surface area contributed by atoms with E-state index in [1.165, 1.54) is 11.8 Å². The van der Waals surface area contributed by atoms with Crippen LogP contribution in [-0.2, 0) is 4.79 Å². The lowest BCUT2D eigenvalue weighted by atomic mass is 10.3. The quantitative estimate of drug-likeness (QED) is 0.511. The second kappa shape index (κ2) is 8.88. The number of hydrogen-bond donors (Lipinski definition) is 0. The molecular weight excluding hydrogens is 326 g/mol. The summed E-state index contributed by atoms with van der Waals surface area (Å²) in [5, 5.41) is 12.2. The fourth-order valence-corrected chi connectivity index (χ4v) is 2.76. The lowest BCUT2D eigenvalue weighted by molar-refractivity contribution is -0.127. The first-order valence-corrected chi connectivity index (χ1v) is 8.23. The molecule has 1 amide bonds. The third-order valence-electron chi connectivity index (χ3n) is 3.13. The lowest BCUT2D eigenvalue weighted by Gasteiger charge is -2.18. The summed E-state index contributed by atoms with van der Waals surface area (Å²) in [4.78, 5) is 13.9. The second-order valence-electron chi connectivity index (χ2n) is 4.74. The van der Waals surface area contributed by atoms with Gasteiger partial charge >= 0.3 is 0 Å². The molecule has 0 atom stereocenters. The van der Waals surface area contributed by atoms with E-state index in [-0.39, 0.29) is 11.7 Å². The van der Waals surface area contributed by atoms with Gasteiger partial charge in [0.2, 0.25) is 11.1 Å². The van der Waals surface area contributed by atoms with Crippen LogP contribution in [0.1, 0.15) is 0 Å². The SMILES string of the molecule is C=CCN(CC=C)C(=O)CSc1nnnn1-c1ccc(OC)cc1. The number of benzene rings is 1. The van der Waals surface area contributed by atoms with Gasteiger partial charge in [0.1, 0.15) is 5.75 Å². The van der Waals surface area contributed by atoms with E-state index in [4.69, 9.17) is 4.74 Å². The minimum Gasteiger partial charge on any atom is -0.497 e. The number of rotatable bonds is 9. The minimum absolute atomic E-state index is 0.0240. The maximum atomic E-state index is 12.3. The summed E-state index contributed by atoms with van der Waals surface area (Å²) >= 11 is 1.28. The maximum absolute atomic E-state index is 12.3. The molecule has 0 aliphatic carbocycles. The average molecular weight is 345 g/mol. The number of carbonyl (C=O) groups excluding carboxylic acids is 1. The zero-order valence-electron chi connectivity index (χ0n) is 13.5. The summed E-state index contributed by atoms with van der Waals surface area (Å²) in [6.45, 7) is 8.28. The van der Waals surface area contributed by atoms with Crippen LogP contribution in [0.4, 0.5) is 0 Å². The Bertz CT molecular complexity index is 689. The Morgan fingerprint density at radius 3 is 2.54 bits per heavy atom. The molecule has 0 spiro atoms. The van der Waals surface area contributed by atoms with Crippen molar-refractivity contribution in [3.8, 4) is 11.4 Å². The number of carbonyl (C=O) groups is 1. The van der Waals surface area contributed by atoms with Crippen LogP contribution >= 0.6 is 11.8 Å². The molecule has 1 aromatic heterocycles. The first-order valence-electron chi connectivity index (χ1n) is 7.24. The number of tetrazole rings is 1. The molecular formula is C16H19N5O2S. The van der Waals surface area contributed by atoms with Gasteiger partial charge in [0.15, 0.2) is 0 Å². The Balaban J connectivity index is 2.05. The third kappa shape index (κ3) is 4.45. The molecule has 0 unspecified atom stereocenters. The number of nitrogens with zero attached hydrogens (tertiary/aromatic N) is 5. The Hall–Kier alpha value is -2.61. The molecule has 2 aromatic rings. The van der Waals surface area contributed by atoms with Crippen molar-refractivity contribution in [2.75, 3.05) is 26.0 Å². The van der Waals surface area contributed by atoms with Crippen molar-refractivity contribution < 1.29 is 9.53 Å². The Kier molecular flexibility index (Phi) is 6.56. The van der Waals surface area contributed by atoms with Crippen LogP contribution in [0.3, 0.4) is 0 Å². The summed E-state index contributed by atoms with van der Waals surface area (Å²) in [7, 11) is 1.61. The molecule has 0 fully saturated rings. The minimum atomic E-state index is -0.0240. The van der Waals surface area contributed by atoms with Gasteiger partial charge in [-0.15, -0.1) is 18.3 Å². The summed E-state index contributed by atoms with van der Waals surface area (Å²) < 4.78 is 6.72. The van der Waals surface area contributed by atoms with E-state index in [9.17, 15) is 4.79 Å². The zero-order chi connectivity index (χ0) is 17.4. The number of hydrogen-bond acceptors (Lipinski definition) is 6. The molecule has 0 radical (unpaired) electrons. The van der Waals surface area contributed by atoms with Crippen molar-refractivity contribution >= 4 is 17.7 Å². The van der Waals surface area contributed by atoms with E-state index >= 15 is 0 Å². The van der Waals surface area contributed by atoms with Crippen molar-refractivity contribution in [2.45, 2.75) is 5.16 Å². The molecule has 8 heteroatoms. The molecule has 0 saturated heterocycles. The standard InChI is InChI=1S/C16H19N5O2S/c1-4-10-20(11-5-2)15(22)12-24-16-17-18-19-21(16)13-6-8-14(23-3)9-7-13/h4-9H,1-2,10-12H2,3H3. The van der Waals surface area contributed by atoms with Crippen LogP contribution in [0.2, 0.25) is 0 Å². The van der Waals surface area contributed by atoms with Crippen molar-refractivity contribution in [3.05, 3.63) is 49.6 Å². The van der Waals surface area contributed by atoms with Crippen LogP contribution in [0.15, 0.2) is 54.7 Å². The topological polar surface area (TPSA) is 73.1 Å². The predicted octanol–water partition coefficient (Wildman–Crippen LogP) is 1.96. The van der Waals surface area contributed by atoms with E-state index in [1.54, 1.807) is 28.8 Å². The van der Waals surface area contributed by atoms with Gasteiger partial charge in [0, 0.05) is 13.1 Å². The molecule has 24 heavy (non-hydrogen) atoms. The van der Waals surface area contributed by atoms with Gasteiger partial charge in [-0.1, -0.05) is 23.9 Å². The number of aromatic nitrogens is 4. The maximum Gasteiger partial charge on any atom is 0.233 e. The molecule has 0 saturated carbocycles. The molecule has 126 valence electrons. The molecule has 7 nitrogen and oxygen atoms in total. The molecule has 0 aliphatic heterocycles. The Morgan fingerprint density at radius 1 is 1.29 bits per heavy atom. The van der Waals surface area contributed by atoms with Crippen molar-refractivity contribution in [3.63, 3.8) is 0 Å². The van der Waals surface area contributed by atoms with Gasteiger partial charge in [-0.3, -0.25) is 4.79 Å². The number of methoxy groups -OCH3 is 1. The highest BCUT2D eigenvalue weighted by Crippen LogP contribution is 2.20. The Labute approximate surface area is 145 Å². The van der Waals surface area contributed by atoms with E-state index in [0.717, 1.165) is 11.4 Å². The highest BCUT2D eigenvalue weighted by atomic mass is 32.2. The molecule has 1 aromatic carbocycles. The lowest BCUT2D eigenvalue weighted by Crippen LogP contribution is -2.32. The van der Waals surface area contributed by atoms with E-state index < -0.39 is 0 Å². The van der Waals surface area contributed by atoms with E-state index in [2.05, 4.69) is 28.7 Å². The van der Waals surface area contributed by atoms with Gasteiger partial charge in [0.05, 0.1) is 18.6 Å². The monoisotopic (exact) mass is 345 g/mol.